The van der Waals surface area contributed by atoms with Crippen molar-refractivity contribution in [3.8, 4) is 0 Å². The van der Waals surface area contributed by atoms with Gasteiger partial charge in [-0.05, 0) is 19.1 Å². The fraction of sp³-hybridized carbons (Fsp3) is 0.250. The molecule has 1 heterocycles. The molecule has 0 amide bonds. The molecule has 0 aliphatic heterocycles. The molecular weight excluding hydrogens is 252 g/mol. The van der Waals surface area contributed by atoms with Gasteiger partial charge in [-0.3, -0.25) is 14.2 Å². The number of nitrogens with zero attached hydrogens (tertiary/aromatic N) is 2. The maximum Gasteiger partial charge on any atom is 0.316 e. The lowest BCUT2D eigenvalue weighted by atomic mass is 10.2. The second kappa shape index (κ2) is 4.81. The van der Waals surface area contributed by atoms with Crippen molar-refractivity contribution in [1.29, 1.82) is 0 Å². The minimum absolute atomic E-state index is 0.166. The molecule has 1 atom stereocenters. The Morgan fingerprint density at radius 2 is 2.11 bits per heavy atom. The van der Waals surface area contributed by atoms with Crippen LogP contribution in [-0.2, 0) is 11.8 Å². The van der Waals surface area contributed by atoms with Crippen molar-refractivity contribution in [3.63, 3.8) is 0 Å². The molecule has 0 spiro atoms. The van der Waals surface area contributed by atoms with Gasteiger partial charge in [-0.1, -0.05) is 23.9 Å². The predicted octanol–water partition coefficient (Wildman–Crippen LogP) is 1.50. The van der Waals surface area contributed by atoms with Crippen LogP contribution < -0.4 is 5.56 Å². The average molecular weight is 264 g/mol. The molecular formula is C12H12N2O3S. The second-order valence-electron chi connectivity index (χ2n) is 3.87. The first-order valence-corrected chi connectivity index (χ1v) is 6.24. The first-order chi connectivity index (χ1) is 8.50. The molecule has 18 heavy (non-hydrogen) atoms. The van der Waals surface area contributed by atoms with Gasteiger partial charge in [-0.25, -0.2) is 4.98 Å². The summed E-state index contributed by atoms with van der Waals surface area (Å²) < 4.78 is 1.38. The van der Waals surface area contributed by atoms with Crippen LogP contribution in [0.5, 0.6) is 0 Å². The Morgan fingerprint density at radius 3 is 2.78 bits per heavy atom. The molecule has 5 nitrogen and oxygen atoms in total. The molecule has 94 valence electrons. The van der Waals surface area contributed by atoms with Gasteiger partial charge in [0.25, 0.3) is 5.56 Å². The Balaban J connectivity index is 2.55. The summed E-state index contributed by atoms with van der Waals surface area (Å²) in [7, 11) is 1.60. The lowest BCUT2D eigenvalue weighted by Gasteiger charge is -2.10. The zero-order valence-corrected chi connectivity index (χ0v) is 10.8. The van der Waals surface area contributed by atoms with Gasteiger partial charge in [-0.2, -0.15) is 0 Å². The third-order valence-electron chi connectivity index (χ3n) is 2.57. The lowest BCUT2D eigenvalue weighted by Crippen LogP contribution is -2.22. The summed E-state index contributed by atoms with van der Waals surface area (Å²) in [5.41, 5.74) is 0.418. The van der Waals surface area contributed by atoms with Crippen molar-refractivity contribution < 1.29 is 9.90 Å². The van der Waals surface area contributed by atoms with E-state index in [4.69, 9.17) is 5.11 Å². The van der Waals surface area contributed by atoms with Crippen molar-refractivity contribution in [1.82, 2.24) is 9.55 Å². The Labute approximate surface area is 107 Å². The van der Waals surface area contributed by atoms with Gasteiger partial charge in [0.1, 0.15) is 5.25 Å². The van der Waals surface area contributed by atoms with Crippen molar-refractivity contribution in [3.05, 3.63) is 34.6 Å². The maximum atomic E-state index is 12.1. The van der Waals surface area contributed by atoms with E-state index >= 15 is 0 Å². The van der Waals surface area contributed by atoms with Crippen molar-refractivity contribution in [2.75, 3.05) is 0 Å². The van der Waals surface area contributed by atoms with Crippen LogP contribution in [0.15, 0.2) is 34.2 Å². The fourth-order valence-corrected chi connectivity index (χ4v) is 2.32. The van der Waals surface area contributed by atoms with E-state index in [0.29, 0.717) is 16.1 Å². The van der Waals surface area contributed by atoms with Crippen molar-refractivity contribution in [2.24, 2.45) is 7.05 Å². The van der Waals surface area contributed by atoms with Gasteiger partial charge >= 0.3 is 5.97 Å². The number of hydrogen-bond donors (Lipinski definition) is 1. The molecule has 0 aliphatic carbocycles. The van der Waals surface area contributed by atoms with Crippen molar-refractivity contribution in [2.45, 2.75) is 17.3 Å². The molecule has 2 rings (SSSR count). The number of rotatable bonds is 3. The summed E-state index contributed by atoms with van der Waals surface area (Å²) in [5.74, 6) is -0.928. The van der Waals surface area contributed by atoms with E-state index < -0.39 is 11.2 Å². The molecule has 0 radical (unpaired) electrons. The molecule has 2 aromatic rings. The SMILES string of the molecule is C[C@@H](Sc1nc2ccccc2c(=O)n1C)C(=O)O. The highest BCUT2D eigenvalue weighted by molar-refractivity contribution is 8.00. The number of thioether (sulfide) groups is 1. The molecule has 6 heteroatoms. The van der Waals surface area contributed by atoms with E-state index in [1.54, 1.807) is 38.2 Å². The van der Waals surface area contributed by atoms with Crippen LogP contribution in [0.25, 0.3) is 10.9 Å². The molecule has 1 aromatic heterocycles. The summed E-state index contributed by atoms with van der Waals surface area (Å²) in [4.78, 5) is 27.2. The molecule has 1 N–H and O–H groups in total. The van der Waals surface area contributed by atoms with E-state index in [9.17, 15) is 9.59 Å². The first kappa shape index (κ1) is 12.6. The smallest absolute Gasteiger partial charge is 0.316 e. The van der Waals surface area contributed by atoms with Crippen LogP contribution >= 0.6 is 11.8 Å². The first-order valence-electron chi connectivity index (χ1n) is 5.36. The van der Waals surface area contributed by atoms with Gasteiger partial charge in [0.2, 0.25) is 0 Å². The van der Waals surface area contributed by atoms with Crippen LogP contribution in [-0.4, -0.2) is 25.9 Å². The highest BCUT2D eigenvalue weighted by Gasteiger charge is 2.16. The Kier molecular flexibility index (Phi) is 3.38. The van der Waals surface area contributed by atoms with Crippen LogP contribution in [0.2, 0.25) is 0 Å². The van der Waals surface area contributed by atoms with E-state index in [0.717, 1.165) is 11.8 Å². The fourth-order valence-electron chi connectivity index (χ4n) is 1.51. The van der Waals surface area contributed by atoms with Gasteiger partial charge in [0.05, 0.1) is 10.9 Å². The average Bonchev–Trinajstić information content (AvgIpc) is 2.35. The molecule has 0 saturated carbocycles. The molecule has 0 aliphatic rings. The largest absolute Gasteiger partial charge is 0.480 e. The number of hydrogen-bond acceptors (Lipinski definition) is 4. The third kappa shape index (κ3) is 2.24. The monoisotopic (exact) mass is 264 g/mol. The van der Waals surface area contributed by atoms with Crippen LogP contribution in [0, 0.1) is 0 Å². The van der Waals surface area contributed by atoms with Crippen LogP contribution in [0.4, 0.5) is 0 Å². The molecule has 0 fully saturated rings. The normalized spacial score (nSPS) is 12.6. The minimum atomic E-state index is -0.928. The van der Waals surface area contributed by atoms with Crippen molar-refractivity contribution >= 4 is 28.6 Å². The highest BCUT2D eigenvalue weighted by Crippen LogP contribution is 2.21. The van der Waals surface area contributed by atoms with E-state index in [1.165, 1.54) is 4.57 Å². The second-order valence-corrected chi connectivity index (χ2v) is 5.18. The summed E-state index contributed by atoms with van der Waals surface area (Å²) >= 11 is 1.06. The van der Waals surface area contributed by atoms with Gasteiger partial charge in [-0.15, -0.1) is 0 Å². The molecule has 0 saturated heterocycles. The zero-order chi connectivity index (χ0) is 13.3. The molecule has 1 aromatic carbocycles. The topological polar surface area (TPSA) is 72.2 Å². The maximum absolute atomic E-state index is 12.1. The number of aliphatic carboxylic acids is 1. The standard InChI is InChI=1S/C12H12N2O3S/c1-7(11(16)17)18-12-13-9-6-4-3-5-8(9)10(15)14(12)2/h3-7H,1-2H3,(H,16,17)/t7-/m1/s1. The number of carbonyl (C=O) groups is 1. The number of carboxylic acid groups (broad SMARTS) is 1. The zero-order valence-electron chi connectivity index (χ0n) is 9.95. The minimum Gasteiger partial charge on any atom is -0.480 e. The Morgan fingerprint density at radius 1 is 1.44 bits per heavy atom. The highest BCUT2D eigenvalue weighted by atomic mass is 32.2. The summed E-state index contributed by atoms with van der Waals surface area (Å²) in [6, 6.07) is 7.02. The summed E-state index contributed by atoms with van der Waals surface area (Å²) in [5, 5.41) is 9.18. The quantitative estimate of drug-likeness (QED) is 0.672. The van der Waals surface area contributed by atoms with E-state index in [-0.39, 0.29) is 5.56 Å². The number of fused-ring (bicyclic) bond motifs is 1. The summed E-state index contributed by atoms with van der Waals surface area (Å²) in [6.45, 7) is 1.56. The van der Waals surface area contributed by atoms with Gasteiger partial charge in [0, 0.05) is 7.05 Å². The van der Waals surface area contributed by atoms with Crippen LogP contribution in [0.1, 0.15) is 6.92 Å². The molecule has 0 unspecified atom stereocenters. The third-order valence-corrected chi connectivity index (χ3v) is 3.70. The van der Waals surface area contributed by atoms with Gasteiger partial charge < -0.3 is 5.11 Å². The Hall–Kier alpha value is -1.82. The van der Waals surface area contributed by atoms with Crippen LogP contribution in [0.3, 0.4) is 0 Å². The number of carboxylic acids is 1. The number of aromatic nitrogens is 2. The Bertz CT molecular complexity index is 666. The lowest BCUT2D eigenvalue weighted by molar-refractivity contribution is -0.136. The number of benzene rings is 1. The van der Waals surface area contributed by atoms with E-state index in [1.807, 2.05) is 0 Å². The van der Waals surface area contributed by atoms with Gasteiger partial charge in [0.15, 0.2) is 5.16 Å². The van der Waals surface area contributed by atoms with E-state index in [2.05, 4.69) is 4.98 Å². The number of para-hydroxylation sites is 1. The summed E-state index contributed by atoms with van der Waals surface area (Å²) in [6.07, 6.45) is 0. The molecule has 0 bridgehead atoms. The predicted molar refractivity (Wildman–Crippen MR) is 69.9 cm³/mol.